The molecule has 2 aromatic rings. The number of methoxy groups -OCH3 is 2. The van der Waals surface area contributed by atoms with Crippen molar-refractivity contribution < 1.29 is 18.6 Å². The lowest BCUT2D eigenvalue weighted by molar-refractivity contribution is 0.321. The van der Waals surface area contributed by atoms with Gasteiger partial charge in [0.1, 0.15) is 0 Å². The van der Waals surface area contributed by atoms with Crippen molar-refractivity contribution in [2.24, 2.45) is 4.99 Å². The highest BCUT2D eigenvalue weighted by atomic mass is 19.1. The first kappa shape index (κ1) is 22.3. The molecule has 0 atom stereocenters. The van der Waals surface area contributed by atoms with Crippen molar-refractivity contribution in [3.05, 3.63) is 53.3 Å². The average molecular weight is 403 g/mol. The summed E-state index contributed by atoms with van der Waals surface area (Å²) in [4.78, 5) is 6.34. The summed E-state index contributed by atoms with van der Waals surface area (Å²) in [6.07, 6.45) is 0.815. The van der Waals surface area contributed by atoms with Crippen molar-refractivity contribution in [3.8, 4) is 17.2 Å². The van der Waals surface area contributed by atoms with Gasteiger partial charge in [0.15, 0.2) is 29.0 Å². The molecule has 0 saturated carbocycles. The fourth-order valence-corrected chi connectivity index (χ4v) is 2.93. The highest BCUT2D eigenvalue weighted by molar-refractivity contribution is 5.79. The topological polar surface area (TPSA) is 55.3 Å². The van der Waals surface area contributed by atoms with Gasteiger partial charge in [0.2, 0.25) is 0 Å². The van der Waals surface area contributed by atoms with Crippen molar-refractivity contribution in [2.75, 3.05) is 41.5 Å². The first-order valence-electron chi connectivity index (χ1n) is 9.56. The molecule has 29 heavy (non-hydrogen) atoms. The van der Waals surface area contributed by atoms with Crippen LogP contribution < -0.4 is 19.5 Å². The van der Waals surface area contributed by atoms with E-state index in [1.54, 1.807) is 27.3 Å². The summed E-state index contributed by atoms with van der Waals surface area (Å²) in [6, 6.07) is 10.9. The van der Waals surface area contributed by atoms with Crippen LogP contribution >= 0.6 is 0 Å². The molecule has 2 rings (SSSR count). The lowest BCUT2D eigenvalue weighted by Crippen LogP contribution is -2.39. The third-order valence-electron chi connectivity index (χ3n) is 4.50. The number of hydrogen-bond acceptors (Lipinski definition) is 4. The number of likely N-dealkylation sites (N-methyl/N-ethyl adjacent to an activating group) is 1. The fourth-order valence-electron chi connectivity index (χ4n) is 2.93. The monoisotopic (exact) mass is 403 g/mol. The molecular formula is C22H30FN3O3. The van der Waals surface area contributed by atoms with Gasteiger partial charge in [-0.1, -0.05) is 12.1 Å². The van der Waals surface area contributed by atoms with Gasteiger partial charge < -0.3 is 24.4 Å². The summed E-state index contributed by atoms with van der Waals surface area (Å²) in [7, 11) is 6.95. The molecular weight excluding hydrogens is 373 g/mol. The van der Waals surface area contributed by atoms with Gasteiger partial charge in [0.25, 0.3) is 0 Å². The minimum absolute atomic E-state index is 0.271. The van der Waals surface area contributed by atoms with Crippen LogP contribution in [-0.2, 0) is 13.0 Å². The van der Waals surface area contributed by atoms with Crippen LogP contribution in [0.3, 0.4) is 0 Å². The van der Waals surface area contributed by atoms with E-state index in [1.165, 1.54) is 6.07 Å². The second kappa shape index (κ2) is 11.1. The number of hydrogen-bond donors (Lipinski definition) is 1. The molecule has 158 valence electrons. The second-order valence-electron chi connectivity index (χ2n) is 6.46. The number of benzene rings is 2. The number of aliphatic imine (C=N–C) groups is 1. The second-order valence-corrected chi connectivity index (χ2v) is 6.46. The number of guanidine groups is 1. The number of rotatable bonds is 9. The van der Waals surface area contributed by atoms with Gasteiger partial charge in [-0.15, -0.1) is 0 Å². The van der Waals surface area contributed by atoms with Crippen molar-refractivity contribution in [3.63, 3.8) is 0 Å². The van der Waals surface area contributed by atoms with Crippen LogP contribution in [0.2, 0.25) is 0 Å². The molecule has 0 aliphatic heterocycles. The standard InChI is InChI=1S/C22H30FN3O3/c1-6-29-19-9-8-17(13-18(19)23)15-25-22(24-2)26(3)12-11-16-7-10-20(27-4)21(14-16)28-5/h7-10,13-14H,6,11-12,15H2,1-5H3,(H,24,25). The van der Waals surface area contributed by atoms with Gasteiger partial charge >= 0.3 is 0 Å². The average Bonchev–Trinajstić information content (AvgIpc) is 2.74. The lowest BCUT2D eigenvalue weighted by Gasteiger charge is -2.22. The molecule has 0 unspecified atom stereocenters. The third kappa shape index (κ3) is 6.27. The molecule has 0 heterocycles. The summed E-state index contributed by atoms with van der Waals surface area (Å²) >= 11 is 0. The maximum absolute atomic E-state index is 14.0. The molecule has 0 fully saturated rings. The highest BCUT2D eigenvalue weighted by Crippen LogP contribution is 2.27. The van der Waals surface area contributed by atoms with Gasteiger partial charge in [-0.2, -0.15) is 0 Å². The van der Waals surface area contributed by atoms with E-state index in [4.69, 9.17) is 14.2 Å². The molecule has 0 radical (unpaired) electrons. The van der Waals surface area contributed by atoms with Gasteiger partial charge in [0, 0.05) is 27.2 Å². The van der Waals surface area contributed by atoms with E-state index in [0.29, 0.717) is 24.7 Å². The SMILES string of the molecule is CCOc1ccc(CNC(=NC)N(C)CCc2ccc(OC)c(OC)c2)cc1F. The van der Waals surface area contributed by atoms with E-state index in [0.717, 1.165) is 30.1 Å². The van der Waals surface area contributed by atoms with Crippen LogP contribution in [0, 0.1) is 5.82 Å². The van der Waals surface area contributed by atoms with E-state index in [1.807, 2.05) is 43.1 Å². The van der Waals surface area contributed by atoms with E-state index >= 15 is 0 Å². The van der Waals surface area contributed by atoms with Crippen LogP contribution in [0.25, 0.3) is 0 Å². The summed E-state index contributed by atoms with van der Waals surface area (Å²) in [5.41, 5.74) is 1.96. The molecule has 1 N–H and O–H groups in total. The minimum atomic E-state index is -0.358. The Morgan fingerprint density at radius 3 is 2.34 bits per heavy atom. The normalized spacial score (nSPS) is 11.2. The Morgan fingerprint density at radius 1 is 1.03 bits per heavy atom. The zero-order valence-electron chi connectivity index (χ0n) is 17.8. The molecule has 0 amide bonds. The number of nitrogens with one attached hydrogen (secondary N) is 1. The Morgan fingerprint density at radius 2 is 1.72 bits per heavy atom. The summed E-state index contributed by atoms with van der Waals surface area (Å²) in [5.74, 6) is 2.08. The largest absolute Gasteiger partial charge is 0.493 e. The summed E-state index contributed by atoms with van der Waals surface area (Å²) < 4.78 is 29.9. The Labute approximate surface area is 172 Å². The highest BCUT2D eigenvalue weighted by Gasteiger charge is 2.10. The maximum Gasteiger partial charge on any atom is 0.193 e. The zero-order valence-corrected chi connectivity index (χ0v) is 17.8. The summed E-state index contributed by atoms with van der Waals surface area (Å²) in [6.45, 7) is 3.49. The third-order valence-corrected chi connectivity index (χ3v) is 4.50. The predicted molar refractivity (Wildman–Crippen MR) is 114 cm³/mol. The lowest BCUT2D eigenvalue weighted by atomic mass is 10.1. The molecule has 7 heteroatoms. The quantitative estimate of drug-likeness (QED) is 0.513. The fraction of sp³-hybridized carbons (Fsp3) is 0.409. The molecule has 0 saturated heterocycles. The van der Waals surface area contributed by atoms with Gasteiger partial charge in [-0.25, -0.2) is 4.39 Å². The maximum atomic E-state index is 14.0. The van der Waals surface area contributed by atoms with Crippen molar-refractivity contribution in [1.82, 2.24) is 10.2 Å². The van der Waals surface area contributed by atoms with E-state index in [2.05, 4.69) is 10.3 Å². The van der Waals surface area contributed by atoms with Crippen LogP contribution in [0.4, 0.5) is 4.39 Å². The number of halogens is 1. The van der Waals surface area contributed by atoms with Crippen LogP contribution in [0.1, 0.15) is 18.1 Å². The molecule has 0 aliphatic rings. The van der Waals surface area contributed by atoms with Crippen LogP contribution in [-0.4, -0.2) is 52.3 Å². The molecule has 6 nitrogen and oxygen atoms in total. The van der Waals surface area contributed by atoms with Crippen molar-refractivity contribution >= 4 is 5.96 Å². The molecule has 0 aromatic heterocycles. The van der Waals surface area contributed by atoms with Crippen LogP contribution in [0.15, 0.2) is 41.4 Å². The molecule has 0 bridgehead atoms. The Kier molecular flexibility index (Phi) is 8.58. The Hall–Kier alpha value is -2.96. The van der Waals surface area contributed by atoms with Crippen molar-refractivity contribution in [1.29, 1.82) is 0 Å². The number of ether oxygens (including phenoxy) is 3. The number of nitrogens with zero attached hydrogens (tertiary/aromatic N) is 2. The smallest absolute Gasteiger partial charge is 0.193 e. The van der Waals surface area contributed by atoms with Gasteiger partial charge in [-0.3, -0.25) is 4.99 Å². The minimum Gasteiger partial charge on any atom is -0.493 e. The molecule has 2 aromatic carbocycles. The molecule has 0 aliphatic carbocycles. The molecule has 0 spiro atoms. The first-order valence-corrected chi connectivity index (χ1v) is 9.56. The first-order chi connectivity index (χ1) is 14.0. The Bertz CT molecular complexity index is 827. The Balaban J connectivity index is 1.92. The van der Waals surface area contributed by atoms with Gasteiger partial charge in [-0.05, 0) is 48.7 Å². The van der Waals surface area contributed by atoms with Gasteiger partial charge in [0.05, 0.1) is 20.8 Å². The van der Waals surface area contributed by atoms with E-state index < -0.39 is 0 Å². The van der Waals surface area contributed by atoms with E-state index in [-0.39, 0.29) is 11.6 Å². The van der Waals surface area contributed by atoms with Crippen molar-refractivity contribution in [2.45, 2.75) is 19.9 Å². The van der Waals surface area contributed by atoms with Crippen LogP contribution in [0.5, 0.6) is 17.2 Å². The van der Waals surface area contributed by atoms with E-state index in [9.17, 15) is 4.39 Å². The zero-order chi connectivity index (χ0) is 21.2. The predicted octanol–water partition coefficient (Wildman–Crippen LogP) is 3.49. The summed E-state index contributed by atoms with van der Waals surface area (Å²) in [5, 5.41) is 3.26.